The maximum Gasteiger partial charge on any atom is 0.272 e. The molecule has 130 valence electrons. The van der Waals surface area contributed by atoms with Crippen LogP contribution < -0.4 is 14.9 Å². The largest absolute Gasteiger partial charge is 0.454 e. The van der Waals surface area contributed by atoms with Gasteiger partial charge in [-0.25, -0.2) is 10.4 Å². The van der Waals surface area contributed by atoms with Gasteiger partial charge in [0.25, 0.3) is 5.91 Å². The van der Waals surface area contributed by atoms with Crippen molar-refractivity contribution in [1.29, 1.82) is 0 Å². The average molecular weight is 347 g/mol. The summed E-state index contributed by atoms with van der Waals surface area (Å²) in [5.41, 5.74) is 5.38. The van der Waals surface area contributed by atoms with E-state index >= 15 is 0 Å². The molecule has 0 unspecified atom stereocenters. The fourth-order valence-corrected chi connectivity index (χ4v) is 2.82. The van der Waals surface area contributed by atoms with Gasteiger partial charge in [-0.3, -0.25) is 4.79 Å². The molecule has 0 fully saturated rings. The summed E-state index contributed by atoms with van der Waals surface area (Å²) in [4.78, 5) is 17.3. The maximum atomic E-state index is 12.6. The second-order valence-corrected chi connectivity index (χ2v) is 5.80. The maximum absolute atomic E-state index is 12.6. The molecule has 1 aromatic heterocycles. The molecule has 0 radical (unpaired) electrons. The van der Waals surface area contributed by atoms with Crippen LogP contribution in [0.5, 0.6) is 11.5 Å². The highest BCUT2D eigenvalue weighted by Crippen LogP contribution is 2.36. The quantitative estimate of drug-likeness (QED) is 0.576. The average Bonchev–Trinajstić information content (AvgIpc) is 3.15. The van der Waals surface area contributed by atoms with Gasteiger partial charge in [-0.15, -0.1) is 0 Å². The van der Waals surface area contributed by atoms with Crippen molar-refractivity contribution in [3.8, 4) is 22.8 Å². The number of carbonyl (C=O) groups excluding carboxylic acids is 1. The van der Waals surface area contributed by atoms with E-state index in [1.54, 1.807) is 12.3 Å². The summed E-state index contributed by atoms with van der Waals surface area (Å²) in [5, 5.41) is 4.72. The Morgan fingerprint density at radius 1 is 1.19 bits per heavy atom. The number of amides is 1. The second kappa shape index (κ2) is 6.84. The first-order chi connectivity index (χ1) is 12.8. The number of hydrogen-bond donors (Lipinski definition) is 1. The van der Waals surface area contributed by atoms with Gasteiger partial charge in [0.1, 0.15) is 0 Å². The first kappa shape index (κ1) is 16.1. The van der Waals surface area contributed by atoms with Crippen LogP contribution in [0, 0.1) is 0 Å². The first-order valence-corrected chi connectivity index (χ1v) is 8.38. The normalized spacial score (nSPS) is 12.7. The summed E-state index contributed by atoms with van der Waals surface area (Å²) in [7, 11) is 0. The Kier molecular flexibility index (Phi) is 4.23. The van der Waals surface area contributed by atoms with E-state index < -0.39 is 0 Å². The lowest BCUT2D eigenvalue weighted by molar-refractivity contribution is 0.0956. The molecule has 0 saturated carbocycles. The lowest BCUT2D eigenvalue weighted by atomic mass is 10.0. The third-order valence-corrected chi connectivity index (χ3v) is 4.07. The Morgan fingerprint density at radius 3 is 2.92 bits per heavy atom. The number of aromatic nitrogens is 1. The molecule has 3 aromatic rings. The molecule has 6 nitrogen and oxygen atoms in total. The third kappa shape index (κ3) is 2.97. The summed E-state index contributed by atoms with van der Waals surface area (Å²) >= 11 is 0. The summed E-state index contributed by atoms with van der Waals surface area (Å²) in [6.07, 6.45) is 2.40. The molecule has 1 aliphatic rings. The van der Waals surface area contributed by atoms with Crippen LogP contribution in [0.2, 0.25) is 0 Å². The zero-order chi connectivity index (χ0) is 17.9. The summed E-state index contributed by atoms with van der Waals surface area (Å²) in [6.45, 7) is 2.17. The summed E-state index contributed by atoms with van der Waals surface area (Å²) < 4.78 is 10.8. The predicted octanol–water partition coefficient (Wildman–Crippen LogP) is 3.76. The topological polar surface area (TPSA) is 72.8 Å². The number of hydrazone groups is 1. The number of fused-ring (bicyclic) bond motifs is 2. The number of rotatable bonds is 4. The predicted molar refractivity (Wildman–Crippen MR) is 99.6 cm³/mol. The molecule has 6 heteroatoms. The van der Waals surface area contributed by atoms with Crippen molar-refractivity contribution in [3.63, 3.8) is 0 Å². The highest BCUT2D eigenvalue weighted by molar-refractivity contribution is 6.07. The van der Waals surface area contributed by atoms with E-state index in [2.05, 4.69) is 10.5 Å². The van der Waals surface area contributed by atoms with Crippen LogP contribution in [0.25, 0.3) is 22.2 Å². The molecule has 1 N–H and O–H groups in total. The highest BCUT2D eigenvalue weighted by Gasteiger charge is 2.17. The van der Waals surface area contributed by atoms with Crippen molar-refractivity contribution in [2.45, 2.75) is 13.3 Å². The van der Waals surface area contributed by atoms with E-state index in [1.165, 1.54) is 0 Å². The van der Waals surface area contributed by atoms with Gasteiger partial charge in [0, 0.05) is 17.2 Å². The zero-order valence-corrected chi connectivity index (χ0v) is 14.2. The van der Waals surface area contributed by atoms with Gasteiger partial charge in [-0.1, -0.05) is 25.1 Å². The molecule has 0 saturated heterocycles. The molecular formula is C20H17N3O3. The second-order valence-electron chi connectivity index (χ2n) is 5.80. The van der Waals surface area contributed by atoms with Crippen molar-refractivity contribution in [1.82, 2.24) is 10.4 Å². The smallest absolute Gasteiger partial charge is 0.272 e. The van der Waals surface area contributed by atoms with Crippen LogP contribution in [0.15, 0.2) is 53.6 Å². The number of pyridine rings is 1. The first-order valence-electron chi connectivity index (χ1n) is 8.38. The summed E-state index contributed by atoms with van der Waals surface area (Å²) in [6, 6.07) is 14.9. The lowest BCUT2D eigenvalue weighted by Crippen LogP contribution is -2.18. The van der Waals surface area contributed by atoms with Crippen LogP contribution in [0.1, 0.15) is 23.7 Å². The van der Waals surface area contributed by atoms with E-state index in [0.29, 0.717) is 22.8 Å². The zero-order valence-electron chi connectivity index (χ0n) is 14.2. The Labute approximate surface area is 150 Å². The molecule has 2 heterocycles. The van der Waals surface area contributed by atoms with Gasteiger partial charge in [0.05, 0.1) is 16.8 Å². The highest BCUT2D eigenvalue weighted by atomic mass is 16.7. The van der Waals surface area contributed by atoms with Crippen LogP contribution >= 0.6 is 0 Å². The number of nitrogens with zero attached hydrogens (tertiary/aromatic N) is 2. The SMILES string of the molecule is CC/C=N\NC(=O)c1cc(-c2ccc3c(c2)OCO3)nc2ccccc12. The fraction of sp³-hybridized carbons (Fsp3) is 0.150. The molecule has 0 atom stereocenters. The van der Waals surface area contributed by atoms with E-state index in [4.69, 9.17) is 14.5 Å². The van der Waals surface area contributed by atoms with Crippen molar-refractivity contribution < 1.29 is 14.3 Å². The minimum absolute atomic E-state index is 0.215. The molecular weight excluding hydrogens is 330 g/mol. The van der Waals surface area contributed by atoms with E-state index in [-0.39, 0.29) is 12.7 Å². The minimum Gasteiger partial charge on any atom is -0.454 e. The third-order valence-electron chi connectivity index (χ3n) is 4.07. The fourth-order valence-electron chi connectivity index (χ4n) is 2.82. The molecule has 2 aromatic carbocycles. The monoisotopic (exact) mass is 347 g/mol. The van der Waals surface area contributed by atoms with Crippen LogP contribution in [0.3, 0.4) is 0 Å². The molecule has 1 amide bonds. The van der Waals surface area contributed by atoms with Crippen LogP contribution in [-0.2, 0) is 0 Å². The van der Waals surface area contributed by atoms with Crippen LogP contribution in [-0.4, -0.2) is 23.9 Å². The molecule has 0 spiro atoms. The van der Waals surface area contributed by atoms with Crippen molar-refractivity contribution >= 4 is 23.0 Å². The Balaban J connectivity index is 1.81. The Hall–Kier alpha value is -3.41. The number of ether oxygens (including phenoxy) is 2. The standard InChI is InChI=1S/C20H17N3O3/c1-2-9-21-23-20(24)15-11-17(22-16-6-4-3-5-14(15)16)13-7-8-18-19(10-13)26-12-25-18/h3-11H,2,12H2,1H3,(H,23,24)/b21-9-. The Bertz CT molecular complexity index is 1010. The number of para-hydroxylation sites is 1. The Morgan fingerprint density at radius 2 is 2.04 bits per heavy atom. The van der Waals surface area contributed by atoms with E-state index in [0.717, 1.165) is 22.9 Å². The van der Waals surface area contributed by atoms with E-state index in [9.17, 15) is 4.79 Å². The summed E-state index contributed by atoms with van der Waals surface area (Å²) in [5.74, 6) is 1.12. The molecule has 4 rings (SSSR count). The van der Waals surface area contributed by atoms with Gasteiger partial charge in [-0.05, 0) is 36.8 Å². The minimum atomic E-state index is -0.268. The van der Waals surface area contributed by atoms with Gasteiger partial charge in [-0.2, -0.15) is 5.10 Å². The molecule has 26 heavy (non-hydrogen) atoms. The van der Waals surface area contributed by atoms with Gasteiger partial charge in [0.2, 0.25) is 6.79 Å². The lowest BCUT2D eigenvalue weighted by Gasteiger charge is -2.09. The van der Waals surface area contributed by atoms with E-state index in [1.807, 2.05) is 49.4 Å². The van der Waals surface area contributed by atoms with Gasteiger partial charge in [0.15, 0.2) is 11.5 Å². The van der Waals surface area contributed by atoms with Crippen LogP contribution in [0.4, 0.5) is 0 Å². The molecule has 0 aliphatic carbocycles. The number of carbonyl (C=O) groups is 1. The van der Waals surface area contributed by atoms with Crippen molar-refractivity contribution in [2.75, 3.05) is 6.79 Å². The number of nitrogens with one attached hydrogen (secondary N) is 1. The molecule has 0 bridgehead atoms. The van der Waals surface area contributed by atoms with Crippen molar-refractivity contribution in [2.24, 2.45) is 5.10 Å². The number of hydrogen-bond acceptors (Lipinski definition) is 5. The van der Waals surface area contributed by atoms with Gasteiger partial charge >= 0.3 is 0 Å². The number of benzene rings is 2. The van der Waals surface area contributed by atoms with Crippen molar-refractivity contribution in [3.05, 3.63) is 54.1 Å². The van der Waals surface area contributed by atoms with Gasteiger partial charge < -0.3 is 9.47 Å². The molecule has 1 aliphatic heterocycles.